The lowest BCUT2D eigenvalue weighted by Crippen LogP contribution is -2.54. The molecule has 0 radical (unpaired) electrons. The number of nitro benzene ring substituents is 1. The van der Waals surface area contributed by atoms with E-state index in [4.69, 9.17) is 26.4 Å². The first-order valence-electron chi connectivity index (χ1n) is 15.5. The van der Waals surface area contributed by atoms with Crippen LogP contribution in [0.15, 0.2) is 48.5 Å². The van der Waals surface area contributed by atoms with Crippen LogP contribution in [0, 0.1) is 28.4 Å². The van der Waals surface area contributed by atoms with Crippen molar-refractivity contribution < 1.29 is 43.1 Å². The Morgan fingerprint density at radius 3 is 2.27 bits per heavy atom. The first-order valence-corrected chi connectivity index (χ1v) is 15.5. The average molecular weight is 683 g/mol. The maximum atomic E-state index is 13.3. The Morgan fingerprint density at radius 2 is 1.65 bits per heavy atom. The zero-order valence-corrected chi connectivity index (χ0v) is 27.4. The van der Waals surface area contributed by atoms with E-state index in [0.717, 1.165) is 0 Å². The minimum Gasteiger partial charge on any atom is -0.429 e. The molecule has 0 aliphatic heterocycles. The molecule has 2 aromatic rings. The zero-order valence-electron chi connectivity index (χ0n) is 27.4. The van der Waals surface area contributed by atoms with Crippen molar-refractivity contribution in [3.63, 3.8) is 0 Å². The maximum Gasteiger partial charge on any atom is 0.514 e. The highest BCUT2D eigenvalue weighted by Crippen LogP contribution is 2.18. The first kappa shape index (κ1) is 39.5. The number of terminal acetylenes is 1. The number of nitrogens with zero attached hydrogens (tertiary/aromatic N) is 1. The van der Waals surface area contributed by atoms with E-state index in [0.29, 0.717) is 43.7 Å². The number of amides is 5. The Labute approximate surface area is 283 Å². The number of carbonyl (C=O) groups is 5. The van der Waals surface area contributed by atoms with Gasteiger partial charge in [-0.25, -0.2) is 9.59 Å². The summed E-state index contributed by atoms with van der Waals surface area (Å²) in [5, 5.41) is 21.4. The molecule has 0 fully saturated rings. The van der Waals surface area contributed by atoms with Crippen LogP contribution >= 0.6 is 0 Å². The van der Waals surface area contributed by atoms with Gasteiger partial charge in [-0.1, -0.05) is 26.0 Å². The number of anilines is 1. The van der Waals surface area contributed by atoms with Gasteiger partial charge in [0.25, 0.3) is 5.69 Å². The summed E-state index contributed by atoms with van der Waals surface area (Å²) in [4.78, 5) is 72.4. The van der Waals surface area contributed by atoms with Gasteiger partial charge in [0.15, 0.2) is 0 Å². The van der Waals surface area contributed by atoms with Crippen LogP contribution in [0.25, 0.3) is 0 Å². The molecule has 0 aromatic heterocycles. The van der Waals surface area contributed by atoms with Gasteiger partial charge in [0.1, 0.15) is 24.4 Å². The van der Waals surface area contributed by atoms with Crippen molar-refractivity contribution in [2.45, 2.75) is 64.6 Å². The summed E-state index contributed by atoms with van der Waals surface area (Å²) in [6.45, 7) is 4.28. The summed E-state index contributed by atoms with van der Waals surface area (Å²) < 4.78 is 15.4. The monoisotopic (exact) mass is 682 g/mol. The van der Waals surface area contributed by atoms with Crippen LogP contribution in [-0.2, 0) is 30.5 Å². The predicted molar refractivity (Wildman–Crippen MR) is 178 cm³/mol. The van der Waals surface area contributed by atoms with E-state index in [-0.39, 0.29) is 49.3 Å². The normalized spacial score (nSPS) is 11.7. The number of nitrogens with one attached hydrogen (secondary N) is 4. The average Bonchev–Trinajstić information content (AvgIpc) is 3.06. The number of benzene rings is 2. The van der Waals surface area contributed by atoms with E-state index in [1.54, 1.807) is 38.1 Å². The summed E-state index contributed by atoms with van der Waals surface area (Å²) in [6.07, 6.45) is 5.68. The highest BCUT2D eigenvalue weighted by atomic mass is 16.7. The molecule has 264 valence electrons. The fourth-order valence-corrected chi connectivity index (χ4v) is 4.21. The van der Waals surface area contributed by atoms with Crippen LogP contribution in [0.1, 0.15) is 51.5 Å². The molecule has 0 spiro atoms. The second kappa shape index (κ2) is 21.2. The number of carbonyl (C=O) groups excluding carboxylic acids is 5. The molecular formula is C33H42N6O10. The molecule has 16 nitrogen and oxygen atoms in total. The standard InChI is InChI=1S/C33H42N6O10/c1-4-5-19-47-20-7-9-28(40)38-29(22(2)3)31(42)37-27(8-6-18-35-32(34)43)30(41)36-24-12-10-23(11-13-24)21-48-33(44)49-26-16-14-25(15-17-26)39(45)46/h1,10-17,22,27,29H,5-9,18-21H2,2-3H3,(H,36,41)(H,37,42)(H,38,40)(H3,34,35,43)/t27-,29-/m0/s1. The molecule has 0 bridgehead atoms. The van der Waals surface area contributed by atoms with Gasteiger partial charge in [0.2, 0.25) is 17.7 Å². The number of rotatable bonds is 20. The molecular weight excluding hydrogens is 640 g/mol. The summed E-state index contributed by atoms with van der Waals surface area (Å²) in [5.41, 5.74) is 5.92. The van der Waals surface area contributed by atoms with Gasteiger partial charge in [-0.3, -0.25) is 24.5 Å². The van der Waals surface area contributed by atoms with Crippen molar-refractivity contribution in [1.82, 2.24) is 16.0 Å². The van der Waals surface area contributed by atoms with E-state index < -0.39 is 41.0 Å². The van der Waals surface area contributed by atoms with Crippen LogP contribution in [0.3, 0.4) is 0 Å². The van der Waals surface area contributed by atoms with Gasteiger partial charge in [-0.15, -0.1) is 12.3 Å². The van der Waals surface area contributed by atoms with Crippen LogP contribution in [-0.4, -0.2) is 66.7 Å². The minimum atomic E-state index is -1.03. The third-order valence-corrected chi connectivity index (χ3v) is 6.78. The first-order chi connectivity index (χ1) is 23.4. The van der Waals surface area contributed by atoms with Gasteiger partial charge in [-0.05, 0) is 55.0 Å². The number of ether oxygens (including phenoxy) is 3. The fourth-order valence-electron chi connectivity index (χ4n) is 4.21. The predicted octanol–water partition coefficient (Wildman–Crippen LogP) is 3.14. The van der Waals surface area contributed by atoms with Crippen molar-refractivity contribution in [2.75, 3.05) is 25.1 Å². The lowest BCUT2D eigenvalue weighted by Gasteiger charge is -2.25. The lowest BCUT2D eigenvalue weighted by atomic mass is 10.0. The molecule has 0 saturated heterocycles. The molecule has 0 saturated carbocycles. The number of hydrogen-bond donors (Lipinski definition) is 5. The molecule has 0 aliphatic carbocycles. The molecule has 2 rings (SSSR count). The number of primary amides is 1. The largest absolute Gasteiger partial charge is 0.514 e. The van der Waals surface area contributed by atoms with Crippen molar-refractivity contribution in [3.8, 4) is 18.1 Å². The summed E-state index contributed by atoms with van der Waals surface area (Å²) >= 11 is 0. The van der Waals surface area contributed by atoms with Crippen LogP contribution < -0.4 is 31.7 Å². The minimum absolute atomic E-state index is 0.0701. The number of hydrogen-bond acceptors (Lipinski definition) is 10. The molecule has 0 aliphatic rings. The van der Waals surface area contributed by atoms with Crippen LogP contribution in [0.5, 0.6) is 5.75 Å². The van der Waals surface area contributed by atoms with Gasteiger partial charge in [0.05, 0.1) is 11.5 Å². The Kier molecular flexibility index (Phi) is 17.1. The number of nitrogens with two attached hydrogens (primary N) is 1. The topological polar surface area (TPSA) is 230 Å². The Morgan fingerprint density at radius 1 is 0.959 bits per heavy atom. The SMILES string of the molecule is C#CCCOCCCC(=O)N[C@H](C(=O)N[C@@H](CCCNC(N)=O)C(=O)Nc1ccc(COC(=O)Oc2ccc([N+](=O)[O-])cc2)cc1)C(C)C. The Bertz CT molecular complexity index is 1460. The highest BCUT2D eigenvalue weighted by molar-refractivity contribution is 5.98. The molecule has 0 unspecified atom stereocenters. The zero-order chi connectivity index (χ0) is 36.2. The highest BCUT2D eigenvalue weighted by Gasteiger charge is 2.28. The lowest BCUT2D eigenvalue weighted by molar-refractivity contribution is -0.384. The summed E-state index contributed by atoms with van der Waals surface area (Å²) in [6, 6.07) is 8.58. The summed E-state index contributed by atoms with van der Waals surface area (Å²) in [5.74, 6) is 0.804. The number of urea groups is 1. The Balaban J connectivity index is 1.97. The van der Waals surface area contributed by atoms with Crippen LogP contribution in [0.4, 0.5) is 21.0 Å². The van der Waals surface area contributed by atoms with Crippen LogP contribution in [0.2, 0.25) is 0 Å². The third-order valence-electron chi connectivity index (χ3n) is 6.78. The molecule has 2 aromatic carbocycles. The van der Waals surface area contributed by atoms with E-state index in [2.05, 4.69) is 27.2 Å². The van der Waals surface area contributed by atoms with Crippen molar-refractivity contribution in [2.24, 2.45) is 11.7 Å². The molecule has 16 heteroatoms. The fraction of sp³-hybridized carbons (Fsp3) is 0.424. The molecule has 49 heavy (non-hydrogen) atoms. The Hall–Kier alpha value is -5.69. The van der Waals surface area contributed by atoms with Gasteiger partial charge >= 0.3 is 12.2 Å². The molecule has 5 amide bonds. The number of non-ortho nitro benzene ring substituents is 1. The smallest absolute Gasteiger partial charge is 0.429 e. The van der Waals surface area contributed by atoms with E-state index in [1.807, 2.05) is 0 Å². The second-order valence-electron chi connectivity index (χ2n) is 11.0. The van der Waals surface area contributed by atoms with Crippen molar-refractivity contribution >= 4 is 41.3 Å². The third kappa shape index (κ3) is 15.6. The van der Waals surface area contributed by atoms with Gasteiger partial charge in [-0.2, -0.15) is 0 Å². The number of nitro groups is 1. The van der Waals surface area contributed by atoms with E-state index in [9.17, 15) is 34.1 Å². The summed E-state index contributed by atoms with van der Waals surface area (Å²) in [7, 11) is 0. The molecule has 0 heterocycles. The molecule has 6 N–H and O–H groups in total. The van der Waals surface area contributed by atoms with E-state index in [1.165, 1.54) is 24.3 Å². The quantitative estimate of drug-likeness (QED) is 0.0342. The maximum absolute atomic E-state index is 13.3. The van der Waals surface area contributed by atoms with Crippen molar-refractivity contribution in [3.05, 3.63) is 64.2 Å². The van der Waals surface area contributed by atoms with Crippen molar-refractivity contribution in [1.29, 1.82) is 0 Å². The van der Waals surface area contributed by atoms with Gasteiger partial charge < -0.3 is 41.2 Å². The van der Waals surface area contributed by atoms with E-state index >= 15 is 0 Å². The van der Waals surface area contributed by atoms with Gasteiger partial charge in [0, 0.05) is 43.8 Å². The molecule has 2 atom stereocenters. The second-order valence-corrected chi connectivity index (χ2v) is 11.0.